The van der Waals surface area contributed by atoms with Crippen LogP contribution in [-0.2, 0) is 19.3 Å². The zero-order chi connectivity index (χ0) is 40.5. The summed E-state index contributed by atoms with van der Waals surface area (Å²) in [6.45, 7) is 8.98. The van der Waals surface area contributed by atoms with Crippen LogP contribution in [0.5, 0.6) is 23.0 Å². The van der Waals surface area contributed by atoms with Crippen molar-refractivity contribution in [3.8, 4) is 34.4 Å². The van der Waals surface area contributed by atoms with Crippen molar-refractivity contribution in [1.82, 2.24) is 9.13 Å². The summed E-state index contributed by atoms with van der Waals surface area (Å²) in [6.07, 6.45) is 10.5. The molecule has 0 radical (unpaired) electrons. The van der Waals surface area contributed by atoms with Gasteiger partial charge in [-0.25, -0.2) is 0 Å². The number of hydrogen-bond acceptors (Lipinski definition) is 2. The maximum atomic E-state index is 6.85. The third-order valence-electron chi connectivity index (χ3n) is 13.2. The molecule has 7 aromatic carbocycles. The van der Waals surface area contributed by atoms with E-state index in [-0.39, 0.29) is 6.71 Å². The molecule has 0 aliphatic carbocycles. The van der Waals surface area contributed by atoms with Crippen molar-refractivity contribution in [1.29, 1.82) is 0 Å². The highest BCUT2D eigenvalue weighted by Gasteiger charge is 2.40. The van der Waals surface area contributed by atoms with Crippen LogP contribution in [0.3, 0.4) is 0 Å². The molecule has 4 nitrogen and oxygen atoms in total. The Morgan fingerprint density at radius 3 is 1.28 bits per heavy atom. The molecule has 2 aromatic heterocycles. The predicted molar refractivity (Wildman–Crippen MR) is 253 cm³/mol. The molecule has 2 aliphatic rings. The SMILES string of the molecule is CCCCc1ccc2c(c1)c1cc(C)ccc1n2-c1ccc2c(c1)Oc1cccc3c1B2c1ccc(-n2c4ccc(CCCC)cc4c4cc(CCCC)ccc42)cc1O3. The van der Waals surface area contributed by atoms with Crippen molar-refractivity contribution in [2.45, 2.75) is 85.5 Å². The molecule has 0 unspecified atom stereocenters. The molecule has 0 fully saturated rings. The van der Waals surface area contributed by atoms with Gasteiger partial charge in [0, 0.05) is 50.5 Å². The van der Waals surface area contributed by atoms with Crippen molar-refractivity contribution in [3.05, 3.63) is 150 Å². The molecule has 0 spiro atoms. The highest BCUT2D eigenvalue weighted by molar-refractivity contribution is 6.98. The summed E-state index contributed by atoms with van der Waals surface area (Å²) < 4.78 is 18.5. The second-order valence-corrected chi connectivity index (χ2v) is 17.3. The first kappa shape index (κ1) is 36.9. The molecule has 0 saturated heterocycles. The minimum Gasteiger partial charge on any atom is -0.458 e. The van der Waals surface area contributed by atoms with Crippen LogP contribution in [0.25, 0.3) is 55.0 Å². The average Bonchev–Trinajstić information content (AvgIpc) is 3.77. The van der Waals surface area contributed by atoms with E-state index in [9.17, 15) is 0 Å². The van der Waals surface area contributed by atoms with Crippen molar-refractivity contribution >= 4 is 66.7 Å². The largest absolute Gasteiger partial charge is 0.458 e. The zero-order valence-electron chi connectivity index (χ0n) is 35.3. The Morgan fingerprint density at radius 1 is 0.433 bits per heavy atom. The fourth-order valence-corrected chi connectivity index (χ4v) is 10.1. The summed E-state index contributed by atoms with van der Waals surface area (Å²) in [4.78, 5) is 0. The van der Waals surface area contributed by atoms with Gasteiger partial charge < -0.3 is 18.6 Å². The van der Waals surface area contributed by atoms with Gasteiger partial charge in [-0.15, -0.1) is 0 Å². The Labute approximate surface area is 353 Å². The van der Waals surface area contributed by atoms with Crippen LogP contribution in [0.2, 0.25) is 0 Å². The highest BCUT2D eigenvalue weighted by Crippen LogP contribution is 2.40. The number of hydrogen-bond donors (Lipinski definition) is 0. The lowest BCUT2D eigenvalue weighted by Gasteiger charge is -2.33. The molecule has 0 bridgehead atoms. The number of unbranched alkanes of at least 4 members (excludes halogenated alkanes) is 3. The summed E-state index contributed by atoms with van der Waals surface area (Å²) in [5, 5.41) is 5.26. The molecular weight excluding hydrogens is 731 g/mol. The molecular formula is C55H51BN2O2. The molecule has 5 heteroatoms. The predicted octanol–water partition coefficient (Wildman–Crippen LogP) is 12.9. The smallest absolute Gasteiger partial charge is 0.260 e. The van der Waals surface area contributed by atoms with Gasteiger partial charge in [0.25, 0.3) is 6.71 Å². The summed E-state index contributed by atoms with van der Waals surface area (Å²) in [6, 6.07) is 48.0. The fraction of sp³-hybridized carbons (Fsp3) is 0.236. The third-order valence-corrected chi connectivity index (χ3v) is 13.2. The molecule has 0 atom stereocenters. The third kappa shape index (κ3) is 5.96. The quantitative estimate of drug-likeness (QED) is 0.122. The number of nitrogens with zero attached hydrogens (tertiary/aromatic N) is 2. The number of ether oxygens (including phenoxy) is 2. The van der Waals surface area contributed by atoms with E-state index >= 15 is 0 Å². The zero-order valence-corrected chi connectivity index (χ0v) is 35.3. The number of aromatic nitrogens is 2. The molecule has 9 aromatic rings. The van der Waals surface area contributed by atoms with Gasteiger partial charge in [0.2, 0.25) is 0 Å². The minimum absolute atomic E-state index is 0.0193. The molecule has 11 rings (SSSR count). The van der Waals surface area contributed by atoms with Gasteiger partial charge in [0.15, 0.2) is 0 Å². The Balaban J connectivity index is 1.03. The van der Waals surface area contributed by atoms with E-state index in [1.54, 1.807) is 0 Å². The number of benzene rings is 7. The van der Waals surface area contributed by atoms with Gasteiger partial charge in [0.05, 0.1) is 22.1 Å². The van der Waals surface area contributed by atoms with Gasteiger partial charge in [0.1, 0.15) is 23.0 Å². The van der Waals surface area contributed by atoms with Crippen LogP contribution < -0.4 is 25.9 Å². The van der Waals surface area contributed by atoms with E-state index in [1.807, 2.05) is 0 Å². The van der Waals surface area contributed by atoms with Crippen LogP contribution in [0.15, 0.2) is 127 Å². The summed E-state index contributed by atoms with van der Waals surface area (Å²) in [5.41, 5.74) is 16.0. The second-order valence-electron chi connectivity index (χ2n) is 17.3. The second kappa shape index (κ2) is 14.8. The van der Waals surface area contributed by atoms with E-state index < -0.39 is 0 Å². The monoisotopic (exact) mass is 782 g/mol. The van der Waals surface area contributed by atoms with Gasteiger partial charge in [-0.2, -0.15) is 0 Å². The number of aryl methyl sites for hydroxylation is 4. The molecule has 4 heterocycles. The first-order chi connectivity index (χ1) is 29.5. The number of rotatable bonds is 11. The molecule has 0 saturated carbocycles. The first-order valence-corrected chi connectivity index (χ1v) is 22.4. The summed E-state index contributed by atoms with van der Waals surface area (Å²) in [7, 11) is 0. The molecule has 0 N–H and O–H groups in total. The lowest BCUT2D eigenvalue weighted by Crippen LogP contribution is -2.57. The lowest BCUT2D eigenvalue weighted by atomic mass is 9.35. The van der Waals surface area contributed by atoms with E-state index in [4.69, 9.17) is 9.47 Å². The fourth-order valence-electron chi connectivity index (χ4n) is 10.1. The van der Waals surface area contributed by atoms with Crippen LogP contribution in [0.4, 0.5) is 0 Å². The van der Waals surface area contributed by atoms with Crippen LogP contribution in [-0.4, -0.2) is 15.8 Å². The van der Waals surface area contributed by atoms with Gasteiger partial charge in [-0.3, -0.25) is 0 Å². The van der Waals surface area contributed by atoms with E-state index in [0.717, 1.165) is 70.0 Å². The van der Waals surface area contributed by atoms with Gasteiger partial charge in [-0.1, -0.05) is 88.1 Å². The molecule has 2 aliphatic heterocycles. The van der Waals surface area contributed by atoms with Gasteiger partial charge >= 0.3 is 0 Å². The van der Waals surface area contributed by atoms with Crippen molar-refractivity contribution in [3.63, 3.8) is 0 Å². The average molecular weight is 783 g/mol. The summed E-state index contributed by atoms with van der Waals surface area (Å²) in [5.74, 6) is 3.50. The van der Waals surface area contributed by atoms with Crippen molar-refractivity contribution < 1.29 is 9.47 Å². The number of fused-ring (bicyclic) bond motifs is 10. The van der Waals surface area contributed by atoms with Gasteiger partial charge in [-0.05, 0) is 146 Å². The maximum Gasteiger partial charge on any atom is 0.260 e. The molecule has 0 amide bonds. The standard InChI is InChI=1S/C55H51BN2O2/c1-5-8-12-36-18-26-48-42(30-36)41-29-35(4)17-25-47(41)57(48)39-21-23-45-53(33-39)59-51-15-11-16-52-55(51)56(45)46-24-22-40(34-54(46)60-52)58-49-27-19-37(13-9-6-2)31-43(49)44-32-38(14-10-7-3)20-28-50(44)58/h11,15-34H,5-10,12-14H2,1-4H3. The van der Waals surface area contributed by atoms with Crippen molar-refractivity contribution in [2.24, 2.45) is 0 Å². The molecule has 296 valence electrons. The van der Waals surface area contributed by atoms with E-state index in [0.29, 0.717) is 0 Å². The van der Waals surface area contributed by atoms with E-state index in [2.05, 4.69) is 164 Å². The van der Waals surface area contributed by atoms with Crippen LogP contribution in [0.1, 0.15) is 81.5 Å². The Kier molecular flexibility index (Phi) is 9.10. The van der Waals surface area contributed by atoms with Crippen LogP contribution in [0, 0.1) is 6.92 Å². The Bertz CT molecular complexity index is 3090. The normalized spacial score (nSPS) is 12.8. The summed E-state index contributed by atoms with van der Waals surface area (Å²) >= 11 is 0. The van der Waals surface area contributed by atoms with Crippen molar-refractivity contribution in [2.75, 3.05) is 0 Å². The topological polar surface area (TPSA) is 28.3 Å². The highest BCUT2D eigenvalue weighted by atomic mass is 16.5. The van der Waals surface area contributed by atoms with E-state index in [1.165, 1.54) is 104 Å². The minimum atomic E-state index is -0.0193. The lowest BCUT2D eigenvalue weighted by molar-refractivity contribution is 0.464. The first-order valence-electron chi connectivity index (χ1n) is 22.4. The Morgan fingerprint density at radius 2 is 0.850 bits per heavy atom. The molecule has 60 heavy (non-hydrogen) atoms. The maximum absolute atomic E-state index is 6.85. The van der Waals surface area contributed by atoms with Crippen LogP contribution >= 0.6 is 0 Å². The Hall–Kier alpha value is -6.20.